The monoisotopic (exact) mass is 252 g/mol. The Balaban J connectivity index is 2.24. The minimum atomic E-state index is -0.162. The van der Waals surface area contributed by atoms with Crippen LogP contribution in [-0.4, -0.2) is 15.0 Å². The maximum Gasteiger partial charge on any atom is 0.145 e. The van der Waals surface area contributed by atoms with Gasteiger partial charge < -0.3 is 10.7 Å². The van der Waals surface area contributed by atoms with Gasteiger partial charge in [-0.2, -0.15) is 0 Å². The number of nitrogens with two attached hydrogens (primary N) is 1. The van der Waals surface area contributed by atoms with Crippen molar-refractivity contribution in [2.45, 2.75) is 19.9 Å². The normalized spacial score (nSPS) is 12.8. The molecule has 0 radical (unpaired) electrons. The van der Waals surface area contributed by atoms with Crippen LogP contribution >= 0.6 is 0 Å². The molecular weight excluding hydrogens is 236 g/mol. The molecule has 0 bridgehead atoms. The number of fused-ring (bicyclic) bond motifs is 1. The summed E-state index contributed by atoms with van der Waals surface area (Å²) in [5.41, 5.74) is 10.1. The number of para-hydroxylation sites is 1. The molecule has 4 heteroatoms. The topological polar surface area (TPSA) is 67.6 Å². The molecule has 0 spiro atoms. The number of H-pyrrole nitrogens is 1. The number of hydrogen-bond donors (Lipinski definition) is 2. The Labute approximate surface area is 111 Å². The van der Waals surface area contributed by atoms with Crippen LogP contribution in [0.3, 0.4) is 0 Å². The number of hydrogen-bond acceptors (Lipinski definition) is 3. The SMILES string of the molecule is Cc1[nH]c2ccccc2c1-c1ccnc(C(C)N)n1. The molecule has 2 aromatic heterocycles. The van der Waals surface area contributed by atoms with E-state index in [0.29, 0.717) is 5.82 Å². The van der Waals surface area contributed by atoms with Gasteiger partial charge in [-0.25, -0.2) is 9.97 Å². The van der Waals surface area contributed by atoms with Gasteiger partial charge in [-0.1, -0.05) is 18.2 Å². The number of aryl methyl sites for hydroxylation is 1. The zero-order chi connectivity index (χ0) is 13.4. The van der Waals surface area contributed by atoms with Gasteiger partial charge >= 0.3 is 0 Å². The van der Waals surface area contributed by atoms with Gasteiger partial charge in [0.05, 0.1) is 11.7 Å². The zero-order valence-electron chi connectivity index (χ0n) is 11.0. The molecule has 96 valence electrons. The Kier molecular flexibility index (Phi) is 2.80. The van der Waals surface area contributed by atoms with Gasteiger partial charge in [0.1, 0.15) is 5.82 Å². The van der Waals surface area contributed by atoms with Crippen molar-refractivity contribution in [2.75, 3.05) is 0 Å². The van der Waals surface area contributed by atoms with Crippen LogP contribution in [0.2, 0.25) is 0 Å². The lowest BCUT2D eigenvalue weighted by molar-refractivity contribution is 0.741. The van der Waals surface area contributed by atoms with E-state index in [-0.39, 0.29) is 6.04 Å². The van der Waals surface area contributed by atoms with Gasteiger partial charge in [0, 0.05) is 28.4 Å². The predicted molar refractivity (Wildman–Crippen MR) is 76.7 cm³/mol. The highest BCUT2D eigenvalue weighted by Gasteiger charge is 2.13. The van der Waals surface area contributed by atoms with Gasteiger partial charge in [-0.15, -0.1) is 0 Å². The molecule has 19 heavy (non-hydrogen) atoms. The third-order valence-corrected chi connectivity index (χ3v) is 3.23. The van der Waals surface area contributed by atoms with Gasteiger partial charge in [0.25, 0.3) is 0 Å². The van der Waals surface area contributed by atoms with Crippen molar-refractivity contribution in [3.8, 4) is 11.3 Å². The predicted octanol–water partition coefficient (Wildman–Crippen LogP) is 2.95. The van der Waals surface area contributed by atoms with Crippen molar-refractivity contribution >= 4 is 10.9 Å². The van der Waals surface area contributed by atoms with Gasteiger partial charge in [0.2, 0.25) is 0 Å². The summed E-state index contributed by atoms with van der Waals surface area (Å²) in [5, 5.41) is 1.18. The third-order valence-electron chi connectivity index (χ3n) is 3.23. The molecule has 1 atom stereocenters. The molecule has 0 aliphatic carbocycles. The number of nitrogens with one attached hydrogen (secondary N) is 1. The quantitative estimate of drug-likeness (QED) is 0.736. The van der Waals surface area contributed by atoms with Crippen LogP contribution in [0, 0.1) is 6.92 Å². The molecule has 0 aliphatic heterocycles. The minimum Gasteiger partial charge on any atom is -0.358 e. The van der Waals surface area contributed by atoms with Crippen molar-refractivity contribution in [1.82, 2.24) is 15.0 Å². The van der Waals surface area contributed by atoms with E-state index in [9.17, 15) is 0 Å². The molecule has 3 rings (SSSR count). The Morgan fingerprint density at radius 1 is 1.21 bits per heavy atom. The van der Waals surface area contributed by atoms with Gasteiger partial charge in [-0.05, 0) is 26.0 Å². The molecule has 1 unspecified atom stereocenters. The minimum absolute atomic E-state index is 0.162. The fourth-order valence-electron chi connectivity index (χ4n) is 2.34. The largest absolute Gasteiger partial charge is 0.358 e. The van der Waals surface area contributed by atoms with E-state index < -0.39 is 0 Å². The van der Waals surface area contributed by atoms with Crippen LogP contribution in [-0.2, 0) is 0 Å². The average molecular weight is 252 g/mol. The third kappa shape index (κ3) is 2.00. The molecule has 2 heterocycles. The van der Waals surface area contributed by atoms with E-state index in [1.807, 2.05) is 25.1 Å². The number of rotatable bonds is 2. The Bertz CT molecular complexity index is 728. The van der Waals surface area contributed by atoms with Gasteiger partial charge in [0.15, 0.2) is 0 Å². The summed E-state index contributed by atoms with van der Waals surface area (Å²) in [7, 11) is 0. The number of nitrogens with zero attached hydrogens (tertiary/aromatic N) is 2. The van der Waals surface area contributed by atoms with Gasteiger partial charge in [-0.3, -0.25) is 0 Å². The Morgan fingerprint density at radius 3 is 2.79 bits per heavy atom. The van der Waals surface area contributed by atoms with Crippen molar-refractivity contribution in [3.63, 3.8) is 0 Å². The molecule has 0 aliphatic rings. The highest BCUT2D eigenvalue weighted by Crippen LogP contribution is 2.30. The van der Waals surface area contributed by atoms with Crippen molar-refractivity contribution in [1.29, 1.82) is 0 Å². The molecule has 0 fully saturated rings. The standard InChI is InChI=1S/C15H16N4/c1-9(16)15-17-8-7-13(19-15)14-10(2)18-12-6-4-3-5-11(12)14/h3-9,18H,16H2,1-2H3. The lowest BCUT2D eigenvalue weighted by atomic mass is 10.1. The van der Waals surface area contributed by atoms with E-state index in [2.05, 4.69) is 34.0 Å². The molecule has 3 aromatic rings. The summed E-state index contributed by atoms with van der Waals surface area (Å²) in [6, 6.07) is 9.99. The molecule has 0 saturated heterocycles. The summed E-state index contributed by atoms with van der Waals surface area (Å²) in [5.74, 6) is 0.669. The molecular formula is C15H16N4. The first-order valence-corrected chi connectivity index (χ1v) is 6.33. The van der Waals surface area contributed by atoms with Crippen LogP contribution in [0.15, 0.2) is 36.5 Å². The first-order valence-electron chi connectivity index (χ1n) is 6.33. The Hall–Kier alpha value is -2.20. The zero-order valence-corrected chi connectivity index (χ0v) is 11.0. The highest BCUT2D eigenvalue weighted by molar-refractivity contribution is 5.96. The second-order valence-corrected chi connectivity index (χ2v) is 4.76. The highest BCUT2D eigenvalue weighted by atomic mass is 14.9. The maximum atomic E-state index is 5.85. The smallest absolute Gasteiger partial charge is 0.145 e. The Morgan fingerprint density at radius 2 is 2.00 bits per heavy atom. The summed E-state index contributed by atoms with van der Waals surface area (Å²) in [4.78, 5) is 12.2. The first kappa shape index (κ1) is 11.9. The number of aromatic amines is 1. The maximum absolute atomic E-state index is 5.85. The van der Waals surface area contributed by atoms with E-state index >= 15 is 0 Å². The van der Waals surface area contributed by atoms with Crippen LogP contribution in [0.5, 0.6) is 0 Å². The molecule has 1 aromatic carbocycles. The fraction of sp³-hybridized carbons (Fsp3) is 0.200. The van der Waals surface area contributed by atoms with E-state index in [1.165, 1.54) is 5.39 Å². The first-order chi connectivity index (χ1) is 9.16. The summed E-state index contributed by atoms with van der Waals surface area (Å²) in [6.45, 7) is 3.95. The van der Waals surface area contributed by atoms with Crippen molar-refractivity contribution in [3.05, 3.63) is 48.0 Å². The van der Waals surface area contributed by atoms with Crippen molar-refractivity contribution < 1.29 is 0 Å². The summed E-state index contributed by atoms with van der Waals surface area (Å²) < 4.78 is 0. The van der Waals surface area contributed by atoms with Crippen LogP contribution in [0.25, 0.3) is 22.2 Å². The van der Waals surface area contributed by atoms with E-state index in [4.69, 9.17) is 5.73 Å². The molecule has 4 nitrogen and oxygen atoms in total. The second kappa shape index (κ2) is 4.48. The van der Waals surface area contributed by atoms with E-state index in [0.717, 1.165) is 22.5 Å². The molecule has 0 saturated carbocycles. The summed E-state index contributed by atoms with van der Waals surface area (Å²) >= 11 is 0. The molecule has 0 amide bonds. The van der Waals surface area contributed by atoms with E-state index in [1.54, 1.807) is 6.20 Å². The van der Waals surface area contributed by atoms with Crippen molar-refractivity contribution in [2.24, 2.45) is 5.73 Å². The molecule has 3 N–H and O–H groups in total. The number of benzene rings is 1. The van der Waals surface area contributed by atoms with Crippen LogP contribution in [0.1, 0.15) is 24.5 Å². The fourth-order valence-corrected chi connectivity index (χ4v) is 2.34. The number of aromatic nitrogens is 3. The average Bonchev–Trinajstić information content (AvgIpc) is 2.74. The van der Waals surface area contributed by atoms with Crippen LogP contribution < -0.4 is 5.73 Å². The van der Waals surface area contributed by atoms with Crippen LogP contribution in [0.4, 0.5) is 0 Å². The summed E-state index contributed by atoms with van der Waals surface area (Å²) in [6.07, 6.45) is 1.77. The lowest BCUT2D eigenvalue weighted by Crippen LogP contribution is -2.09. The second-order valence-electron chi connectivity index (χ2n) is 4.76. The lowest BCUT2D eigenvalue weighted by Gasteiger charge is -2.06.